The SMILES string of the molecule is CN1CC(C)(C)c2ncncc2C1=O. The normalized spacial score (nSPS) is 19.4. The number of amides is 1. The Balaban J connectivity index is 2.62. The van der Waals surface area contributed by atoms with Crippen molar-refractivity contribution in [2.24, 2.45) is 0 Å². The van der Waals surface area contributed by atoms with Crippen molar-refractivity contribution in [3.8, 4) is 0 Å². The molecule has 0 bridgehead atoms. The second kappa shape index (κ2) is 2.77. The van der Waals surface area contributed by atoms with Crippen LogP contribution in [0.4, 0.5) is 0 Å². The van der Waals surface area contributed by atoms with Crippen molar-refractivity contribution in [2.75, 3.05) is 13.6 Å². The van der Waals surface area contributed by atoms with Crippen LogP contribution in [0.15, 0.2) is 12.5 Å². The van der Waals surface area contributed by atoms with Gasteiger partial charge in [-0.15, -0.1) is 0 Å². The fourth-order valence-electron chi connectivity index (χ4n) is 1.97. The van der Waals surface area contributed by atoms with Gasteiger partial charge < -0.3 is 4.90 Å². The zero-order chi connectivity index (χ0) is 10.3. The van der Waals surface area contributed by atoms with Crippen LogP contribution >= 0.6 is 0 Å². The van der Waals surface area contributed by atoms with Gasteiger partial charge in [0.25, 0.3) is 5.91 Å². The summed E-state index contributed by atoms with van der Waals surface area (Å²) in [6, 6.07) is 0. The zero-order valence-electron chi connectivity index (χ0n) is 8.61. The number of hydrogen-bond donors (Lipinski definition) is 0. The van der Waals surface area contributed by atoms with E-state index >= 15 is 0 Å². The van der Waals surface area contributed by atoms with Gasteiger partial charge in [0.05, 0.1) is 11.3 Å². The Morgan fingerprint density at radius 1 is 1.50 bits per heavy atom. The van der Waals surface area contributed by atoms with Gasteiger partial charge in [-0.05, 0) is 0 Å². The van der Waals surface area contributed by atoms with E-state index in [4.69, 9.17) is 0 Å². The number of rotatable bonds is 0. The minimum absolute atomic E-state index is 0.0138. The number of fused-ring (bicyclic) bond motifs is 1. The van der Waals surface area contributed by atoms with Gasteiger partial charge in [-0.25, -0.2) is 9.97 Å². The smallest absolute Gasteiger partial charge is 0.257 e. The summed E-state index contributed by atoms with van der Waals surface area (Å²) >= 11 is 0. The first-order valence-corrected chi connectivity index (χ1v) is 4.58. The van der Waals surface area contributed by atoms with E-state index in [9.17, 15) is 4.79 Å². The average molecular weight is 191 g/mol. The number of nitrogens with zero attached hydrogens (tertiary/aromatic N) is 3. The van der Waals surface area contributed by atoms with Crippen LogP contribution in [0.3, 0.4) is 0 Å². The highest BCUT2D eigenvalue weighted by Gasteiger charge is 2.36. The van der Waals surface area contributed by atoms with Gasteiger partial charge in [-0.2, -0.15) is 0 Å². The van der Waals surface area contributed by atoms with Crippen LogP contribution in [0.5, 0.6) is 0 Å². The Labute approximate surface area is 83.0 Å². The number of carbonyl (C=O) groups excluding carboxylic acids is 1. The van der Waals surface area contributed by atoms with Gasteiger partial charge in [0.2, 0.25) is 0 Å². The van der Waals surface area contributed by atoms with E-state index in [1.54, 1.807) is 18.1 Å². The molecule has 0 radical (unpaired) electrons. The molecule has 4 heteroatoms. The average Bonchev–Trinajstić information content (AvgIpc) is 2.14. The predicted octanol–water partition coefficient (Wildman–Crippen LogP) is 0.840. The van der Waals surface area contributed by atoms with Gasteiger partial charge in [-0.3, -0.25) is 4.79 Å². The largest absolute Gasteiger partial charge is 0.341 e. The third-order valence-corrected chi connectivity index (χ3v) is 2.56. The molecule has 1 aliphatic rings. The van der Waals surface area contributed by atoms with Crippen molar-refractivity contribution in [1.82, 2.24) is 14.9 Å². The highest BCUT2D eigenvalue weighted by molar-refractivity contribution is 5.96. The molecule has 0 spiro atoms. The molecule has 0 fully saturated rings. The third-order valence-electron chi connectivity index (χ3n) is 2.56. The molecule has 1 amide bonds. The summed E-state index contributed by atoms with van der Waals surface area (Å²) in [7, 11) is 1.81. The molecule has 1 aromatic rings. The minimum atomic E-state index is -0.0824. The third kappa shape index (κ3) is 1.18. The lowest BCUT2D eigenvalue weighted by molar-refractivity contribution is 0.0732. The maximum Gasteiger partial charge on any atom is 0.257 e. The van der Waals surface area contributed by atoms with Crippen molar-refractivity contribution < 1.29 is 4.79 Å². The maximum atomic E-state index is 11.8. The lowest BCUT2D eigenvalue weighted by Gasteiger charge is -2.35. The van der Waals surface area contributed by atoms with Crippen LogP contribution in [0.1, 0.15) is 29.9 Å². The molecule has 0 saturated heterocycles. The fraction of sp³-hybridized carbons (Fsp3) is 0.500. The first-order valence-electron chi connectivity index (χ1n) is 4.58. The minimum Gasteiger partial charge on any atom is -0.341 e. The lowest BCUT2D eigenvalue weighted by Crippen LogP contribution is -2.45. The topological polar surface area (TPSA) is 46.1 Å². The quantitative estimate of drug-likeness (QED) is 0.610. The molecule has 4 nitrogen and oxygen atoms in total. The van der Waals surface area contributed by atoms with Gasteiger partial charge in [0.15, 0.2) is 0 Å². The fourth-order valence-corrected chi connectivity index (χ4v) is 1.97. The van der Waals surface area contributed by atoms with Gasteiger partial charge in [0.1, 0.15) is 6.33 Å². The summed E-state index contributed by atoms with van der Waals surface area (Å²) in [5.41, 5.74) is 1.41. The Kier molecular flexibility index (Phi) is 1.80. The highest BCUT2D eigenvalue weighted by Crippen LogP contribution is 2.29. The zero-order valence-corrected chi connectivity index (χ0v) is 8.61. The van der Waals surface area contributed by atoms with E-state index in [-0.39, 0.29) is 11.3 Å². The molecule has 0 aliphatic carbocycles. The molecular weight excluding hydrogens is 178 g/mol. The van der Waals surface area contributed by atoms with E-state index in [1.807, 2.05) is 0 Å². The summed E-state index contributed by atoms with van der Waals surface area (Å²) < 4.78 is 0. The Morgan fingerprint density at radius 2 is 2.21 bits per heavy atom. The predicted molar refractivity (Wildman–Crippen MR) is 52.0 cm³/mol. The van der Waals surface area contributed by atoms with Crippen LogP contribution in [0, 0.1) is 0 Å². The first kappa shape index (κ1) is 9.12. The van der Waals surface area contributed by atoms with E-state index in [0.717, 1.165) is 5.69 Å². The standard InChI is InChI=1S/C10H13N3O/c1-10(2)5-13(3)9(14)7-4-11-6-12-8(7)10/h4,6H,5H2,1-3H3. The van der Waals surface area contributed by atoms with Gasteiger partial charge in [0, 0.05) is 25.2 Å². The van der Waals surface area contributed by atoms with Crippen LogP contribution in [-0.2, 0) is 5.41 Å². The summed E-state index contributed by atoms with van der Waals surface area (Å²) in [5, 5.41) is 0. The van der Waals surface area contributed by atoms with E-state index in [0.29, 0.717) is 12.1 Å². The maximum absolute atomic E-state index is 11.8. The Bertz CT molecular complexity index is 387. The van der Waals surface area contributed by atoms with Gasteiger partial charge >= 0.3 is 0 Å². The first-order chi connectivity index (χ1) is 6.52. The van der Waals surface area contributed by atoms with Crippen molar-refractivity contribution >= 4 is 5.91 Å². The molecule has 0 N–H and O–H groups in total. The van der Waals surface area contributed by atoms with E-state index in [2.05, 4.69) is 23.8 Å². The molecular formula is C10H13N3O. The van der Waals surface area contributed by atoms with Crippen molar-refractivity contribution in [3.63, 3.8) is 0 Å². The molecule has 1 aromatic heterocycles. The van der Waals surface area contributed by atoms with Crippen molar-refractivity contribution in [3.05, 3.63) is 23.8 Å². The number of hydrogen-bond acceptors (Lipinski definition) is 3. The summed E-state index contributed by atoms with van der Waals surface area (Å²) in [4.78, 5) is 21.6. The molecule has 74 valence electrons. The Morgan fingerprint density at radius 3 is 2.93 bits per heavy atom. The number of likely N-dealkylation sites (N-methyl/N-ethyl adjacent to an activating group) is 1. The molecule has 0 atom stereocenters. The van der Waals surface area contributed by atoms with Crippen LogP contribution in [-0.4, -0.2) is 34.4 Å². The van der Waals surface area contributed by atoms with E-state index < -0.39 is 0 Å². The van der Waals surface area contributed by atoms with Crippen LogP contribution in [0.25, 0.3) is 0 Å². The number of carbonyl (C=O) groups is 1. The summed E-state index contributed by atoms with van der Waals surface area (Å²) in [6.45, 7) is 4.87. The molecule has 2 heterocycles. The monoisotopic (exact) mass is 191 g/mol. The summed E-state index contributed by atoms with van der Waals surface area (Å²) in [6.07, 6.45) is 3.10. The highest BCUT2D eigenvalue weighted by atomic mass is 16.2. The summed E-state index contributed by atoms with van der Waals surface area (Å²) in [5.74, 6) is 0.0138. The van der Waals surface area contributed by atoms with Crippen LogP contribution < -0.4 is 0 Å². The molecule has 0 aromatic carbocycles. The van der Waals surface area contributed by atoms with Crippen molar-refractivity contribution in [2.45, 2.75) is 19.3 Å². The molecule has 1 aliphatic heterocycles. The van der Waals surface area contributed by atoms with Crippen LogP contribution in [0.2, 0.25) is 0 Å². The molecule has 0 unspecified atom stereocenters. The number of aromatic nitrogens is 2. The Hall–Kier alpha value is -1.45. The molecule has 2 rings (SSSR count). The van der Waals surface area contributed by atoms with Crippen molar-refractivity contribution in [1.29, 1.82) is 0 Å². The molecule has 14 heavy (non-hydrogen) atoms. The molecule has 0 saturated carbocycles. The lowest BCUT2D eigenvalue weighted by atomic mass is 9.83. The second-order valence-corrected chi connectivity index (χ2v) is 4.33. The van der Waals surface area contributed by atoms with E-state index in [1.165, 1.54) is 6.33 Å². The van der Waals surface area contributed by atoms with Gasteiger partial charge in [-0.1, -0.05) is 13.8 Å². The second-order valence-electron chi connectivity index (χ2n) is 4.33.